The molecule has 0 aliphatic rings. The quantitative estimate of drug-likeness (QED) is 0.196. The molecule has 0 atom stereocenters. The molecule has 0 aliphatic heterocycles. The van der Waals surface area contributed by atoms with Gasteiger partial charge in [0.2, 0.25) is 5.88 Å². The highest BCUT2D eigenvalue weighted by atomic mass is 16.5. The number of allylic oxidation sites excluding steroid dienone is 1. The summed E-state index contributed by atoms with van der Waals surface area (Å²) in [7, 11) is 3.00. The highest BCUT2D eigenvalue weighted by Crippen LogP contribution is 2.01. The second-order valence-corrected chi connectivity index (χ2v) is 1.64. The standard InChI is InChI=1S/C6H11BN2O2/c1-5(11-7)3-6(10-2)9-4-8/h3-4H,1,7H2,2H3,(H2,8,9)/b6-3+. The lowest BCUT2D eigenvalue weighted by molar-refractivity contribution is 0.286. The van der Waals surface area contributed by atoms with Crippen molar-refractivity contribution in [2.24, 2.45) is 10.7 Å². The number of methoxy groups -OCH3 is 1. The summed E-state index contributed by atoms with van der Waals surface area (Å²) in [5.41, 5.74) is 5.04. The predicted octanol–water partition coefficient (Wildman–Crippen LogP) is -0.460. The van der Waals surface area contributed by atoms with Crippen LogP contribution in [-0.4, -0.2) is 21.5 Å². The van der Waals surface area contributed by atoms with Gasteiger partial charge in [-0.2, -0.15) is 0 Å². The van der Waals surface area contributed by atoms with Gasteiger partial charge in [-0.1, -0.05) is 6.58 Å². The van der Waals surface area contributed by atoms with E-state index in [1.807, 2.05) is 0 Å². The first-order valence-electron chi connectivity index (χ1n) is 2.97. The van der Waals surface area contributed by atoms with Gasteiger partial charge in [-0.25, -0.2) is 4.99 Å². The molecule has 0 aromatic rings. The average Bonchev–Trinajstić information content (AvgIpc) is 2.03. The third-order valence-electron chi connectivity index (χ3n) is 0.958. The zero-order valence-corrected chi connectivity index (χ0v) is 6.70. The smallest absolute Gasteiger partial charge is 0.322 e. The van der Waals surface area contributed by atoms with E-state index in [1.54, 1.807) is 0 Å². The maximum absolute atomic E-state index is 5.04. The van der Waals surface area contributed by atoms with E-state index >= 15 is 0 Å². The minimum atomic E-state index is 0.361. The molecule has 11 heavy (non-hydrogen) atoms. The van der Waals surface area contributed by atoms with Crippen molar-refractivity contribution in [1.82, 2.24) is 0 Å². The highest BCUT2D eigenvalue weighted by molar-refractivity contribution is 5.98. The van der Waals surface area contributed by atoms with E-state index in [9.17, 15) is 0 Å². The number of aliphatic imine (C=N–C) groups is 1. The van der Waals surface area contributed by atoms with Gasteiger partial charge >= 0.3 is 8.05 Å². The maximum Gasteiger partial charge on any atom is 0.322 e. The third-order valence-corrected chi connectivity index (χ3v) is 0.958. The molecule has 60 valence electrons. The normalized spacial score (nSPS) is 11.5. The van der Waals surface area contributed by atoms with E-state index in [1.165, 1.54) is 21.2 Å². The fraction of sp³-hybridized carbons (Fsp3) is 0.167. The van der Waals surface area contributed by atoms with E-state index in [4.69, 9.17) is 15.1 Å². The molecular weight excluding hydrogens is 143 g/mol. The van der Waals surface area contributed by atoms with Crippen LogP contribution in [0.2, 0.25) is 0 Å². The van der Waals surface area contributed by atoms with Crippen LogP contribution in [-0.2, 0) is 9.39 Å². The molecule has 0 aromatic carbocycles. The zero-order chi connectivity index (χ0) is 8.69. The Kier molecular flexibility index (Phi) is 4.72. The Morgan fingerprint density at radius 1 is 1.73 bits per heavy atom. The summed E-state index contributed by atoms with van der Waals surface area (Å²) in [6, 6.07) is 0. The van der Waals surface area contributed by atoms with Gasteiger partial charge in [-0.15, -0.1) is 0 Å². The SMILES string of the molecule is BOC(=C)/C=C(\N=C/N)OC. The molecule has 0 saturated carbocycles. The maximum atomic E-state index is 5.04. The summed E-state index contributed by atoms with van der Waals surface area (Å²) in [5.74, 6) is 0.826. The first-order valence-corrected chi connectivity index (χ1v) is 2.97. The molecule has 0 heterocycles. The van der Waals surface area contributed by atoms with Crippen LogP contribution in [0.25, 0.3) is 0 Å². The summed E-state index contributed by atoms with van der Waals surface area (Å²) in [6.07, 6.45) is 2.67. The van der Waals surface area contributed by atoms with Crippen LogP contribution in [0.3, 0.4) is 0 Å². The van der Waals surface area contributed by atoms with Crippen LogP contribution in [0, 0.1) is 0 Å². The first-order chi connectivity index (χ1) is 5.24. The average molecular weight is 154 g/mol. The van der Waals surface area contributed by atoms with Crippen molar-refractivity contribution in [1.29, 1.82) is 0 Å². The van der Waals surface area contributed by atoms with Crippen molar-refractivity contribution in [2.45, 2.75) is 0 Å². The molecule has 0 rings (SSSR count). The second-order valence-electron chi connectivity index (χ2n) is 1.64. The van der Waals surface area contributed by atoms with E-state index in [2.05, 4.69) is 11.6 Å². The number of rotatable bonds is 4. The molecule has 0 unspecified atom stereocenters. The topological polar surface area (TPSA) is 56.8 Å². The van der Waals surface area contributed by atoms with Gasteiger partial charge in [-0.05, 0) is 0 Å². The van der Waals surface area contributed by atoms with Gasteiger partial charge in [0.25, 0.3) is 0 Å². The number of hydrogen-bond donors (Lipinski definition) is 1. The summed E-state index contributed by atoms with van der Waals surface area (Å²) in [6.45, 7) is 3.55. The number of nitrogens with two attached hydrogens (primary N) is 1. The van der Waals surface area contributed by atoms with Gasteiger partial charge in [0.15, 0.2) is 0 Å². The molecule has 0 radical (unpaired) electrons. The number of nitrogens with zero attached hydrogens (tertiary/aromatic N) is 1. The summed E-state index contributed by atoms with van der Waals surface area (Å²) in [4.78, 5) is 3.68. The summed E-state index contributed by atoms with van der Waals surface area (Å²) in [5, 5.41) is 0. The largest absolute Gasteiger partial charge is 0.568 e. The van der Waals surface area contributed by atoms with E-state index < -0.39 is 0 Å². The molecule has 5 heteroatoms. The molecule has 0 spiro atoms. The molecule has 0 fully saturated rings. The van der Waals surface area contributed by atoms with Crippen LogP contribution in [0.1, 0.15) is 0 Å². The number of ether oxygens (including phenoxy) is 1. The molecule has 4 nitrogen and oxygen atoms in total. The molecule has 2 N–H and O–H groups in total. The van der Waals surface area contributed by atoms with Crippen LogP contribution < -0.4 is 5.73 Å². The van der Waals surface area contributed by atoms with Crippen molar-refractivity contribution in [2.75, 3.05) is 7.11 Å². The van der Waals surface area contributed by atoms with E-state index in [0.717, 1.165) is 6.34 Å². The Morgan fingerprint density at radius 2 is 2.36 bits per heavy atom. The van der Waals surface area contributed by atoms with Crippen molar-refractivity contribution >= 4 is 14.4 Å². The Morgan fingerprint density at radius 3 is 2.73 bits per heavy atom. The molecule has 0 aliphatic carbocycles. The third kappa shape index (κ3) is 4.08. The van der Waals surface area contributed by atoms with Gasteiger partial charge in [0, 0.05) is 6.08 Å². The summed E-state index contributed by atoms with van der Waals surface area (Å²) < 4.78 is 9.57. The fourth-order valence-corrected chi connectivity index (χ4v) is 0.419. The van der Waals surface area contributed by atoms with E-state index in [0.29, 0.717) is 11.6 Å². The second kappa shape index (κ2) is 5.40. The molecule has 0 bridgehead atoms. The Balaban J connectivity index is 4.22. The lowest BCUT2D eigenvalue weighted by Gasteiger charge is -2.00. The lowest BCUT2D eigenvalue weighted by Crippen LogP contribution is -1.92. The highest BCUT2D eigenvalue weighted by Gasteiger charge is 1.91. The van der Waals surface area contributed by atoms with Gasteiger partial charge < -0.3 is 15.1 Å². The predicted molar refractivity (Wildman–Crippen MR) is 46.5 cm³/mol. The lowest BCUT2D eigenvalue weighted by atomic mass is 10.4. The van der Waals surface area contributed by atoms with Crippen molar-refractivity contribution in [3.05, 3.63) is 24.3 Å². The monoisotopic (exact) mass is 154 g/mol. The Bertz CT molecular complexity index is 189. The van der Waals surface area contributed by atoms with Crippen LogP contribution in [0.15, 0.2) is 29.3 Å². The van der Waals surface area contributed by atoms with Crippen molar-refractivity contribution in [3.63, 3.8) is 0 Å². The van der Waals surface area contributed by atoms with Crippen molar-refractivity contribution < 1.29 is 9.39 Å². The first kappa shape index (κ1) is 9.61. The van der Waals surface area contributed by atoms with Crippen molar-refractivity contribution in [3.8, 4) is 0 Å². The van der Waals surface area contributed by atoms with Crippen LogP contribution in [0.4, 0.5) is 0 Å². The van der Waals surface area contributed by atoms with Crippen LogP contribution >= 0.6 is 0 Å². The Hall–Kier alpha value is -1.39. The molecule has 0 aromatic heterocycles. The van der Waals surface area contributed by atoms with Crippen LogP contribution in [0.5, 0.6) is 0 Å². The number of hydrogen-bond acceptors (Lipinski definition) is 3. The van der Waals surface area contributed by atoms with Gasteiger partial charge in [0.05, 0.1) is 19.2 Å². The Labute approximate surface area is 66.8 Å². The van der Waals surface area contributed by atoms with Gasteiger partial charge in [0.1, 0.15) is 0 Å². The molecule has 0 amide bonds. The zero-order valence-electron chi connectivity index (χ0n) is 6.70. The minimum absolute atomic E-state index is 0.361. The summed E-state index contributed by atoms with van der Waals surface area (Å²) >= 11 is 0. The molecule has 0 saturated heterocycles. The molecular formula is C6H11BN2O2. The van der Waals surface area contributed by atoms with Gasteiger partial charge in [-0.3, -0.25) is 0 Å². The minimum Gasteiger partial charge on any atom is -0.568 e. The fourth-order valence-electron chi connectivity index (χ4n) is 0.419. The van der Waals surface area contributed by atoms with E-state index in [-0.39, 0.29) is 0 Å².